The van der Waals surface area contributed by atoms with Crippen molar-refractivity contribution in [2.45, 2.75) is 13.8 Å². The number of nitrogens with one attached hydrogen (secondary N) is 1. The van der Waals surface area contributed by atoms with Gasteiger partial charge in [0.05, 0.1) is 0 Å². The second-order valence-electron chi connectivity index (χ2n) is 5.01. The summed E-state index contributed by atoms with van der Waals surface area (Å²) in [5, 5.41) is 3.34. The maximum Gasteiger partial charge on any atom is 0.212 e. The number of halogens is 1. The normalized spacial score (nSPS) is 10.6. The molecule has 0 fully saturated rings. The number of nitrogens with zero attached hydrogens (tertiary/aromatic N) is 2. The zero-order valence-corrected chi connectivity index (χ0v) is 13.6. The van der Waals surface area contributed by atoms with Gasteiger partial charge in [-0.25, -0.2) is 4.98 Å². The minimum atomic E-state index is 0.808. The molecule has 0 radical (unpaired) electrons. The van der Waals surface area contributed by atoms with Gasteiger partial charge in [-0.1, -0.05) is 34.1 Å². The second-order valence-corrected chi connectivity index (χ2v) is 5.80. The Labute approximate surface area is 132 Å². The molecule has 0 aliphatic carbocycles. The van der Waals surface area contributed by atoms with Gasteiger partial charge in [-0.05, 0) is 49.2 Å². The maximum absolute atomic E-state index is 4.41. The molecular formula is C17H16BrN3. The molecule has 1 aromatic heterocycles. The summed E-state index contributed by atoms with van der Waals surface area (Å²) in [6.07, 6.45) is 3.77. The third-order valence-electron chi connectivity index (χ3n) is 3.37. The Morgan fingerprint density at radius 3 is 2.38 bits per heavy atom. The van der Waals surface area contributed by atoms with Gasteiger partial charge in [0.2, 0.25) is 5.95 Å². The van der Waals surface area contributed by atoms with Crippen LogP contribution in [0.1, 0.15) is 11.1 Å². The van der Waals surface area contributed by atoms with E-state index in [4.69, 9.17) is 0 Å². The van der Waals surface area contributed by atoms with Gasteiger partial charge in [-0.15, -0.1) is 0 Å². The summed E-state index contributed by atoms with van der Waals surface area (Å²) >= 11 is 3.61. The lowest BCUT2D eigenvalue weighted by molar-refractivity contribution is 1.05. The molecule has 2 aromatic carbocycles. The van der Waals surface area contributed by atoms with Crippen LogP contribution in [0.3, 0.4) is 0 Å². The summed E-state index contributed by atoms with van der Waals surface area (Å²) < 4.78 is 3.21. The molecule has 0 aliphatic rings. The summed E-state index contributed by atoms with van der Waals surface area (Å²) in [6, 6.07) is 14.4. The monoisotopic (exact) mass is 341 g/mol. The van der Waals surface area contributed by atoms with Crippen LogP contribution < -0.4 is 5.32 Å². The lowest BCUT2D eigenvalue weighted by atomic mass is 10.1. The number of hydrogen-bond donors (Lipinski definition) is 1. The number of hydrogen-bond acceptors (Lipinski definition) is 2. The van der Waals surface area contributed by atoms with E-state index >= 15 is 0 Å². The van der Waals surface area contributed by atoms with Gasteiger partial charge in [-0.3, -0.25) is 4.57 Å². The van der Waals surface area contributed by atoms with Crippen molar-refractivity contribution < 1.29 is 0 Å². The van der Waals surface area contributed by atoms with Crippen LogP contribution >= 0.6 is 15.9 Å². The van der Waals surface area contributed by atoms with Crippen LogP contribution in [0.2, 0.25) is 0 Å². The molecule has 0 amide bonds. The Morgan fingerprint density at radius 2 is 1.71 bits per heavy atom. The Kier molecular flexibility index (Phi) is 3.80. The summed E-state index contributed by atoms with van der Waals surface area (Å²) in [5.74, 6) is 0.808. The van der Waals surface area contributed by atoms with Gasteiger partial charge in [0.1, 0.15) is 0 Å². The average Bonchev–Trinajstić information content (AvgIpc) is 2.93. The number of anilines is 2. The van der Waals surface area contributed by atoms with Gasteiger partial charge >= 0.3 is 0 Å². The molecule has 4 heteroatoms. The highest BCUT2D eigenvalue weighted by Crippen LogP contribution is 2.26. The van der Waals surface area contributed by atoms with Crippen LogP contribution in [0.25, 0.3) is 5.69 Å². The van der Waals surface area contributed by atoms with Crippen LogP contribution in [0.15, 0.2) is 59.3 Å². The summed E-state index contributed by atoms with van der Waals surface area (Å²) in [7, 11) is 0. The molecule has 0 atom stereocenters. The molecule has 0 saturated heterocycles. The van der Waals surface area contributed by atoms with E-state index < -0.39 is 0 Å². The van der Waals surface area contributed by atoms with Crippen LogP contribution in [0.5, 0.6) is 0 Å². The van der Waals surface area contributed by atoms with Gasteiger partial charge in [-0.2, -0.15) is 0 Å². The Hall–Kier alpha value is -2.07. The third kappa shape index (κ3) is 2.85. The van der Waals surface area contributed by atoms with Gasteiger partial charge in [0, 0.05) is 28.2 Å². The standard InChI is InChI=1S/C17H16BrN3/c1-12-10-15(11-13(2)16(12)18)21-9-8-19-17(21)20-14-6-4-3-5-7-14/h3-11H,1-2H3,(H,19,20). The van der Waals surface area contributed by atoms with Crippen molar-refractivity contribution >= 4 is 27.6 Å². The Morgan fingerprint density at radius 1 is 1.05 bits per heavy atom. The van der Waals surface area contributed by atoms with Gasteiger partial charge < -0.3 is 5.32 Å². The number of benzene rings is 2. The SMILES string of the molecule is Cc1cc(-n2ccnc2Nc2ccccc2)cc(C)c1Br. The smallest absolute Gasteiger partial charge is 0.212 e. The molecular weight excluding hydrogens is 326 g/mol. The van der Waals surface area contributed by atoms with Crippen molar-refractivity contribution in [3.63, 3.8) is 0 Å². The molecule has 0 unspecified atom stereocenters. The molecule has 3 aromatic rings. The summed E-state index contributed by atoms with van der Waals surface area (Å²) in [5.41, 5.74) is 4.55. The first kappa shape index (κ1) is 13.9. The van der Waals surface area contributed by atoms with E-state index in [1.807, 2.05) is 36.5 Å². The molecule has 0 bridgehead atoms. The predicted octanol–water partition coefficient (Wildman–Crippen LogP) is 5.00. The van der Waals surface area contributed by atoms with Crippen molar-refractivity contribution in [1.29, 1.82) is 0 Å². The molecule has 3 rings (SSSR count). The van der Waals surface area contributed by atoms with Gasteiger partial charge in [0.25, 0.3) is 0 Å². The van der Waals surface area contributed by atoms with E-state index in [2.05, 4.69) is 56.8 Å². The minimum absolute atomic E-state index is 0.808. The molecule has 0 spiro atoms. The summed E-state index contributed by atoms with van der Waals surface area (Å²) in [4.78, 5) is 4.41. The van der Waals surface area contributed by atoms with Crippen LogP contribution in [0.4, 0.5) is 11.6 Å². The van der Waals surface area contributed by atoms with E-state index in [1.165, 1.54) is 11.1 Å². The van der Waals surface area contributed by atoms with Crippen molar-refractivity contribution in [3.05, 3.63) is 70.5 Å². The predicted molar refractivity (Wildman–Crippen MR) is 90.5 cm³/mol. The largest absolute Gasteiger partial charge is 0.325 e. The molecule has 1 heterocycles. The van der Waals surface area contributed by atoms with E-state index in [9.17, 15) is 0 Å². The van der Waals surface area contributed by atoms with E-state index in [0.29, 0.717) is 0 Å². The highest BCUT2D eigenvalue weighted by molar-refractivity contribution is 9.10. The van der Waals surface area contributed by atoms with Crippen LogP contribution in [0, 0.1) is 13.8 Å². The molecule has 106 valence electrons. The molecule has 0 aliphatic heterocycles. The highest BCUT2D eigenvalue weighted by Gasteiger charge is 2.08. The highest BCUT2D eigenvalue weighted by atomic mass is 79.9. The van der Waals surface area contributed by atoms with Gasteiger partial charge in [0.15, 0.2) is 0 Å². The average molecular weight is 342 g/mol. The number of rotatable bonds is 3. The quantitative estimate of drug-likeness (QED) is 0.726. The van der Waals surface area contributed by atoms with Crippen molar-refractivity contribution in [2.24, 2.45) is 0 Å². The minimum Gasteiger partial charge on any atom is -0.325 e. The zero-order valence-electron chi connectivity index (χ0n) is 12.0. The van der Waals surface area contributed by atoms with Crippen LogP contribution in [-0.2, 0) is 0 Å². The third-order valence-corrected chi connectivity index (χ3v) is 4.62. The lowest BCUT2D eigenvalue weighted by Gasteiger charge is -2.12. The topological polar surface area (TPSA) is 29.9 Å². The first-order valence-electron chi connectivity index (χ1n) is 6.77. The Bertz CT molecular complexity index is 740. The zero-order chi connectivity index (χ0) is 14.8. The fraction of sp³-hybridized carbons (Fsp3) is 0.118. The fourth-order valence-electron chi connectivity index (χ4n) is 2.32. The van der Waals surface area contributed by atoms with Crippen molar-refractivity contribution in [1.82, 2.24) is 9.55 Å². The Balaban J connectivity index is 1.99. The number of para-hydroxylation sites is 1. The fourth-order valence-corrected chi connectivity index (χ4v) is 2.55. The molecule has 3 nitrogen and oxygen atoms in total. The van der Waals surface area contributed by atoms with Crippen molar-refractivity contribution in [2.75, 3.05) is 5.32 Å². The summed E-state index contributed by atoms with van der Waals surface area (Å²) in [6.45, 7) is 4.20. The van der Waals surface area contributed by atoms with E-state index in [-0.39, 0.29) is 0 Å². The molecule has 1 N–H and O–H groups in total. The molecule has 0 saturated carbocycles. The number of aryl methyl sites for hydroxylation is 2. The molecule has 21 heavy (non-hydrogen) atoms. The van der Waals surface area contributed by atoms with E-state index in [0.717, 1.165) is 21.8 Å². The number of aromatic nitrogens is 2. The first-order valence-corrected chi connectivity index (χ1v) is 7.57. The second kappa shape index (κ2) is 5.74. The number of imidazole rings is 1. The van der Waals surface area contributed by atoms with Crippen LogP contribution in [-0.4, -0.2) is 9.55 Å². The van der Waals surface area contributed by atoms with Crippen molar-refractivity contribution in [3.8, 4) is 5.69 Å². The first-order chi connectivity index (χ1) is 10.1. The maximum atomic E-state index is 4.41. The van der Waals surface area contributed by atoms with E-state index in [1.54, 1.807) is 6.20 Å². The lowest BCUT2D eigenvalue weighted by Crippen LogP contribution is -2.02.